The molecule has 1 N–H and O–H groups in total. The normalized spacial score (nSPS) is 10.8. The van der Waals surface area contributed by atoms with E-state index in [-0.39, 0.29) is 0 Å². The highest BCUT2D eigenvalue weighted by molar-refractivity contribution is 6.17. The number of phenolic OH excluding ortho intramolecular Hbond substituents is 1. The molecule has 0 bridgehead atoms. The number of fused-ring (bicyclic) bond motifs is 1. The molecule has 0 aliphatic heterocycles. The van der Waals surface area contributed by atoms with E-state index in [1.807, 2.05) is 31.2 Å². The summed E-state index contributed by atoms with van der Waals surface area (Å²) >= 11 is 5.64. The Labute approximate surface area is 119 Å². The Morgan fingerprint density at radius 3 is 2.68 bits per heavy atom. The summed E-state index contributed by atoms with van der Waals surface area (Å²) in [5.74, 6) is 1.84. The predicted molar refractivity (Wildman–Crippen MR) is 80.4 cm³/mol. The first kappa shape index (κ1) is 14.0. The van der Waals surface area contributed by atoms with E-state index in [2.05, 4.69) is 0 Å². The van der Waals surface area contributed by atoms with Crippen LogP contribution in [0, 0.1) is 6.92 Å². The fourth-order valence-electron chi connectivity index (χ4n) is 2.10. The maximum atomic E-state index is 9.86. The van der Waals surface area contributed by atoms with Crippen LogP contribution in [0.25, 0.3) is 10.8 Å². The van der Waals surface area contributed by atoms with Gasteiger partial charge in [-0.05, 0) is 44.4 Å². The van der Waals surface area contributed by atoms with Crippen molar-refractivity contribution in [3.63, 3.8) is 0 Å². The standard InChI is InChI=1S/C16H19ClO2/c1-12-5-6-13-14(11-12)16(8-7-15(13)18)19-10-4-2-3-9-17/h5-8,11,18H,2-4,9-10H2,1H3. The first-order chi connectivity index (χ1) is 9.22. The molecule has 3 heteroatoms. The van der Waals surface area contributed by atoms with Crippen molar-refractivity contribution in [1.29, 1.82) is 0 Å². The summed E-state index contributed by atoms with van der Waals surface area (Å²) in [4.78, 5) is 0. The second kappa shape index (κ2) is 6.67. The molecular formula is C16H19ClO2. The van der Waals surface area contributed by atoms with Gasteiger partial charge in [-0.25, -0.2) is 0 Å². The molecule has 0 amide bonds. The Bertz CT molecular complexity index is 552. The molecule has 0 aliphatic carbocycles. The Kier molecular flexibility index (Phi) is 4.92. The molecular weight excluding hydrogens is 260 g/mol. The van der Waals surface area contributed by atoms with Gasteiger partial charge < -0.3 is 9.84 Å². The number of phenols is 1. The topological polar surface area (TPSA) is 29.5 Å². The van der Waals surface area contributed by atoms with Crippen molar-refractivity contribution >= 4 is 22.4 Å². The van der Waals surface area contributed by atoms with Crippen LogP contribution in [0.15, 0.2) is 30.3 Å². The SMILES string of the molecule is Cc1ccc2c(O)ccc(OCCCCCCl)c2c1. The molecule has 0 radical (unpaired) electrons. The lowest BCUT2D eigenvalue weighted by molar-refractivity contribution is 0.309. The average molecular weight is 279 g/mol. The summed E-state index contributed by atoms with van der Waals surface area (Å²) in [5, 5.41) is 11.7. The number of halogens is 1. The number of hydrogen-bond acceptors (Lipinski definition) is 2. The monoisotopic (exact) mass is 278 g/mol. The molecule has 0 unspecified atom stereocenters. The number of aryl methyl sites for hydroxylation is 1. The largest absolute Gasteiger partial charge is 0.507 e. The van der Waals surface area contributed by atoms with Crippen molar-refractivity contribution < 1.29 is 9.84 Å². The molecule has 102 valence electrons. The van der Waals surface area contributed by atoms with Crippen LogP contribution >= 0.6 is 11.6 Å². The maximum absolute atomic E-state index is 9.86. The van der Waals surface area contributed by atoms with Crippen LogP contribution < -0.4 is 4.74 Å². The quantitative estimate of drug-likeness (QED) is 0.616. The van der Waals surface area contributed by atoms with Crippen molar-refractivity contribution in [3.05, 3.63) is 35.9 Å². The van der Waals surface area contributed by atoms with Gasteiger partial charge in [0.2, 0.25) is 0 Å². The third kappa shape index (κ3) is 3.54. The van der Waals surface area contributed by atoms with Gasteiger partial charge in [0.1, 0.15) is 11.5 Å². The smallest absolute Gasteiger partial charge is 0.127 e. The Morgan fingerprint density at radius 1 is 1.05 bits per heavy atom. The number of alkyl halides is 1. The summed E-state index contributed by atoms with van der Waals surface area (Å²) < 4.78 is 5.82. The molecule has 2 aromatic rings. The van der Waals surface area contributed by atoms with Gasteiger partial charge in [0.25, 0.3) is 0 Å². The van der Waals surface area contributed by atoms with Crippen molar-refractivity contribution in [2.75, 3.05) is 12.5 Å². The Hall–Kier alpha value is -1.41. The molecule has 0 fully saturated rings. The fourth-order valence-corrected chi connectivity index (χ4v) is 2.29. The van der Waals surface area contributed by atoms with Gasteiger partial charge in [-0.1, -0.05) is 17.7 Å². The molecule has 0 heterocycles. The van der Waals surface area contributed by atoms with Gasteiger partial charge in [-0.3, -0.25) is 0 Å². The second-order valence-corrected chi connectivity index (χ2v) is 5.11. The summed E-state index contributed by atoms with van der Waals surface area (Å²) in [7, 11) is 0. The summed E-state index contributed by atoms with van der Waals surface area (Å²) in [6.07, 6.45) is 3.11. The zero-order chi connectivity index (χ0) is 13.7. The number of unbranched alkanes of at least 4 members (excludes halogenated alkanes) is 2. The number of benzene rings is 2. The summed E-state index contributed by atoms with van der Waals surface area (Å²) in [6, 6.07) is 9.49. The van der Waals surface area contributed by atoms with E-state index in [0.717, 1.165) is 41.3 Å². The lowest BCUT2D eigenvalue weighted by Crippen LogP contribution is -1.98. The van der Waals surface area contributed by atoms with Crippen LogP contribution in [0.2, 0.25) is 0 Å². The van der Waals surface area contributed by atoms with Gasteiger partial charge in [0.05, 0.1) is 6.61 Å². The van der Waals surface area contributed by atoms with E-state index in [1.54, 1.807) is 6.07 Å². The summed E-state index contributed by atoms with van der Waals surface area (Å²) in [6.45, 7) is 2.72. The van der Waals surface area contributed by atoms with E-state index in [4.69, 9.17) is 16.3 Å². The molecule has 19 heavy (non-hydrogen) atoms. The fraction of sp³-hybridized carbons (Fsp3) is 0.375. The molecule has 0 spiro atoms. The van der Waals surface area contributed by atoms with E-state index < -0.39 is 0 Å². The minimum Gasteiger partial charge on any atom is -0.507 e. The lowest BCUT2D eigenvalue weighted by Gasteiger charge is -2.11. The van der Waals surface area contributed by atoms with Gasteiger partial charge >= 0.3 is 0 Å². The number of hydrogen-bond donors (Lipinski definition) is 1. The first-order valence-corrected chi connectivity index (χ1v) is 7.17. The number of rotatable bonds is 6. The van der Waals surface area contributed by atoms with Crippen LogP contribution in [-0.2, 0) is 0 Å². The molecule has 0 atom stereocenters. The summed E-state index contributed by atoms with van der Waals surface area (Å²) in [5.41, 5.74) is 1.16. The van der Waals surface area contributed by atoms with Gasteiger partial charge in [0.15, 0.2) is 0 Å². The van der Waals surface area contributed by atoms with E-state index in [9.17, 15) is 5.11 Å². The molecule has 0 aromatic heterocycles. The van der Waals surface area contributed by atoms with E-state index in [0.29, 0.717) is 18.2 Å². The Balaban J connectivity index is 2.14. The van der Waals surface area contributed by atoms with Crippen molar-refractivity contribution in [3.8, 4) is 11.5 Å². The molecule has 2 nitrogen and oxygen atoms in total. The van der Waals surface area contributed by atoms with Crippen molar-refractivity contribution in [2.24, 2.45) is 0 Å². The third-order valence-electron chi connectivity index (χ3n) is 3.14. The van der Waals surface area contributed by atoms with Gasteiger partial charge in [-0.15, -0.1) is 11.6 Å². The molecule has 2 rings (SSSR count). The first-order valence-electron chi connectivity index (χ1n) is 6.63. The Morgan fingerprint density at radius 2 is 1.89 bits per heavy atom. The highest BCUT2D eigenvalue weighted by atomic mass is 35.5. The maximum Gasteiger partial charge on any atom is 0.127 e. The minimum absolute atomic E-state index is 0.296. The van der Waals surface area contributed by atoms with Gasteiger partial charge in [-0.2, -0.15) is 0 Å². The minimum atomic E-state index is 0.296. The second-order valence-electron chi connectivity index (χ2n) is 4.73. The zero-order valence-corrected chi connectivity index (χ0v) is 11.9. The van der Waals surface area contributed by atoms with Crippen LogP contribution in [0.5, 0.6) is 11.5 Å². The highest BCUT2D eigenvalue weighted by Crippen LogP contribution is 2.33. The molecule has 2 aromatic carbocycles. The lowest BCUT2D eigenvalue weighted by atomic mass is 10.1. The molecule has 0 aliphatic rings. The zero-order valence-electron chi connectivity index (χ0n) is 11.2. The average Bonchev–Trinajstić information content (AvgIpc) is 2.41. The molecule has 0 saturated carbocycles. The van der Waals surface area contributed by atoms with Crippen LogP contribution in [0.3, 0.4) is 0 Å². The van der Waals surface area contributed by atoms with Gasteiger partial charge in [0, 0.05) is 16.7 Å². The molecule has 0 saturated heterocycles. The van der Waals surface area contributed by atoms with Crippen molar-refractivity contribution in [1.82, 2.24) is 0 Å². The number of ether oxygens (including phenoxy) is 1. The van der Waals surface area contributed by atoms with E-state index >= 15 is 0 Å². The third-order valence-corrected chi connectivity index (χ3v) is 3.41. The highest BCUT2D eigenvalue weighted by Gasteiger charge is 2.06. The number of aromatic hydroxyl groups is 1. The predicted octanol–water partition coefficient (Wildman–Crippen LogP) is 4.64. The van der Waals surface area contributed by atoms with E-state index in [1.165, 1.54) is 0 Å². The van der Waals surface area contributed by atoms with Crippen LogP contribution in [0.4, 0.5) is 0 Å². The van der Waals surface area contributed by atoms with Crippen LogP contribution in [-0.4, -0.2) is 17.6 Å². The van der Waals surface area contributed by atoms with Crippen LogP contribution in [0.1, 0.15) is 24.8 Å². The van der Waals surface area contributed by atoms with Crippen molar-refractivity contribution in [2.45, 2.75) is 26.2 Å².